The molecule has 0 aliphatic carbocycles. The molecule has 0 saturated carbocycles. The van der Waals surface area contributed by atoms with Crippen LogP contribution in [0.25, 0.3) is 0 Å². The number of hydrogen-bond acceptors (Lipinski definition) is 7. The SMILES string of the molecule is CCOC(=O)N=C(CS)NC(=O)OCC.CSC(=N)N. The maximum absolute atomic E-state index is 11.0. The van der Waals surface area contributed by atoms with Gasteiger partial charge in [-0.15, -0.1) is 0 Å². The number of alkyl carbamates (subject to hydrolysis) is 1. The summed E-state index contributed by atoms with van der Waals surface area (Å²) in [6.45, 7) is 3.79. The second kappa shape index (κ2) is 14.0. The minimum atomic E-state index is -0.765. The highest BCUT2D eigenvalue weighted by Gasteiger charge is 2.07. The van der Waals surface area contributed by atoms with Crippen LogP contribution in [0, 0.1) is 5.41 Å². The third-order valence-corrected chi connectivity index (χ3v) is 2.12. The van der Waals surface area contributed by atoms with Crippen molar-refractivity contribution in [1.82, 2.24) is 5.32 Å². The maximum atomic E-state index is 11.0. The van der Waals surface area contributed by atoms with E-state index >= 15 is 0 Å². The molecule has 20 heavy (non-hydrogen) atoms. The number of hydrogen-bond donors (Lipinski definition) is 4. The van der Waals surface area contributed by atoms with Crippen molar-refractivity contribution in [3.8, 4) is 0 Å². The van der Waals surface area contributed by atoms with Gasteiger partial charge in [-0.05, 0) is 20.1 Å². The highest BCUT2D eigenvalue weighted by molar-refractivity contribution is 8.13. The smallest absolute Gasteiger partial charge is 0.435 e. The van der Waals surface area contributed by atoms with E-state index in [1.165, 1.54) is 11.8 Å². The van der Waals surface area contributed by atoms with Crippen molar-refractivity contribution in [3.05, 3.63) is 0 Å². The summed E-state index contributed by atoms with van der Waals surface area (Å²) in [5, 5.41) is 8.92. The minimum Gasteiger partial charge on any atom is -0.450 e. The van der Waals surface area contributed by atoms with Crippen LogP contribution >= 0.6 is 24.4 Å². The first-order valence-electron chi connectivity index (χ1n) is 5.58. The highest BCUT2D eigenvalue weighted by atomic mass is 32.2. The molecule has 116 valence electrons. The third-order valence-electron chi connectivity index (χ3n) is 1.39. The number of carbonyl (C=O) groups excluding carboxylic acids is 2. The molecule has 0 aliphatic rings. The number of nitrogens with two attached hydrogens (primary N) is 1. The van der Waals surface area contributed by atoms with Crippen LogP contribution in [0.1, 0.15) is 13.8 Å². The fraction of sp³-hybridized carbons (Fsp3) is 0.600. The number of nitrogens with one attached hydrogen (secondary N) is 2. The van der Waals surface area contributed by atoms with Crippen molar-refractivity contribution in [2.24, 2.45) is 10.7 Å². The van der Waals surface area contributed by atoms with E-state index < -0.39 is 12.2 Å². The van der Waals surface area contributed by atoms with E-state index in [-0.39, 0.29) is 30.0 Å². The predicted molar refractivity (Wildman–Crippen MR) is 83.9 cm³/mol. The number of thioether (sulfide) groups is 1. The second-order valence-electron chi connectivity index (χ2n) is 2.83. The number of ether oxygens (including phenoxy) is 2. The molecule has 0 heterocycles. The molecule has 2 amide bonds. The molecule has 0 spiro atoms. The van der Waals surface area contributed by atoms with Crippen molar-refractivity contribution in [2.45, 2.75) is 13.8 Å². The molecule has 0 unspecified atom stereocenters. The summed E-state index contributed by atoms with van der Waals surface area (Å²) >= 11 is 5.13. The highest BCUT2D eigenvalue weighted by Crippen LogP contribution is 1.88. The topological polar surface area (TPSA) is 127 Å². The largest absolute Gasteiger partial charge is 0.450 e. The zero-order valence-corrected chi connectivity index (χ0v) is 13.3. The molecular formula is C10H20N4O4S2. The summed E-state index contributed by atoms with van der Waals surface area (Å²) in [5.41, 5.74) is 4.84. The summed E-state index contributed by atoms with van der Waals surface area (Å²) in [4.78, 5) is 25.3. The lowest BCUT2D eigenvalue weighted by atomic mass is 10.6. The average Bonchev–Trinajstić information content (AvgIpc) is 2.39. The van der Waals surface area contributed by atoms with E-state index in [1.54, 1.807) is 20.1 Å². The Hall–Kier alpha value is -1.42. The Kier molecular flexibility index (Phi) is 14.6. The first-order chi connectivity index (χ1) is 9.40. The molecule has 0 radical (unpaired) electrons. The van der Waals surface area contributed by atoms with Crippen LogP contribution in [0.2, 0.25) is 0 Å². The lowest BCUT2D eigenvalue weighted by Crippen LogP contribution is -2.33. The third kappa shape index (κ3) is 14.6. The first-order valence-corrected chi connectivity index (χ1v) is 7.43. The number of rotatable bonds is 3. The monoisotopic (exact) mass is 324 g/mol. The molecule has 10 heteroatoms. The molecule has 0 saturated heterocycles. The zero-order chi connectivity index (χ0) is 16.0. The normalized spacial score (nSPS) is 9.90. The lowest BCUT2D eigenvalue weighted by Gasteiger charge is -2.05. The average molecular weight is 324 g/mol. The van der Waals surface area contributed by atoms with Gasteiger partial charge in [-0.25, -0.2) is 9.59 Å². The fourth-order valence-electron chi connectivity index (χ4n) is 0.654. The Morgan fingerprint density at radius 1 is 1.35 bits per heavy atom. The van der Waals surface area contributed by atoms with Gasteiger partial charge >= 0.3 is 12.2 Å². The van der Waals surface area contributed by atoms with Crippen LogP contribution in [0.15, 0.2) is 4.99 Å². The summed E-state index contributed by atoms with van der Waals surface area (Å²) in [7, 11) is 0. The maximum Gasteiger partial charge on any atom is 0.435 e. The Bertz CT molecular complexity index is 350. The first kappa shape index (κ1) is 20.9. The molecule has 4 N–H and O–H groups in total. The molecule has 0 aromatic rings. The van der Waals surface area contributed by atoms with Crippen molar-refractivity contribution in [1.29, 1.82) is 5.41 Å². The van der Waals surface area contributed by atoms with E-state index in [1.807, 2.05) is 0 Å². The van der Waals surface area contributed by atoms with E-state index in [9.17, 15) is 9.59 Å². The summed E-state index contributed by atoms with van der Waals surface area (Å²) < 4.78 is 9.16. The second-order valence-corrected chi connectivity index (χ2v) is 3.99. The predicted octanol–water partition coefficient (Wildman–Crippen LogP) is 1.46. The van der Waals surface area contributed by atoms with Gasteiger partial charge in [0.25, 0.3) is 0 Å². The number of carbonyl (C=O) groups is 2. The Morgan fingerprint density at radius 3 is 2.20 bits per heavy atom. The zero-order valence-electron chi connectivity index (χ0n) is 11.6. The van der Waals surface area contributed by atoms with Crippen LogP contribution < -0.4 is 11.1 Å². The Morgan fingerprint density at radius 2 is 1.85 bits per heavy atom. The minimum absolute atomic E-state index is 0.0928. The van der Waals surface area contributed by atoms with E-state index in [0.29, 0.717) is 0 Å². The molecule has 0 aliphatic heterocycles. The van der Waals surface area contributed by atoms with Gasteiger partial charge in [-0.1, -0.05) is 11.8 Å². The van der Waals surface area contributed by atoms with Gasteiger partial charge < -0.3 is 15.2 Å². The van der Waals surface area contributed by atoms with E-state index in [4.69, 9.17) is 11.1 Å². The lowest BCUT2D eigenvalue weighted by molar-refractivity contribution is 0.157. The van der Waals surface area contributed by atoms with Crippen molar-refractivity contribution in [2.75, 3.05) is 25.2 Å². The van der Waals surface area contributed by atoms with Crippen LogP contribution in [0.5, 0.6) is 0 Å². The van der Waals surface area contributed by atoms with Crippen LogP contribution in [0.4, 0.5) is 9.59 Å². The van der Waals surface area contributed by atoms with Crippen molar-refractivity contribution in [3.63, 3.8) is 0 Å². The van der Waals surface area contributed by atoms with Gasteiger partial charge in [0, 0.05) is 5.75 Å². The summed E-state index contributed by atoms with van der Waals surface area (Å²) in [6.07, 6.45) is 0.329. The molecule has 0 bridgehead atoms. The van der Waals surface area contributed by atoms with Crippen LogP contribution in [-0.2, 0) is 9.47 Å². The van der Waals surface area contributed by atoms with Crippen LogP contribution in [-0.4, -0.2) is 48.4 Å². The fourth-order valence-corrected chi connectivity index (χ4v) is 0.804. The molecule has 8 nitrogen and oxygen atoms in total. The van der Waals surface area contributed by atoms with Gasteiger partial charge in [-0.2, -0.15) is 17.6 Å². The number of amidine groups is 2. The molecule has 0 fully saturated rings. The van der Waals surface area contributed by atoms with Crippen molar-refractivity contribution < 1.29 is 19.1 Å². The van der Waals surface area contributed by atoms with Crippen molar-refractivity contribution >= 4 is 47.6 Å². The summed E-state index contributed by atoms with van der Waals surface area (Å²) in [5.74, 6) is 0.202. The number of nitrogens with zero attached hydrogens (tertiary/aromatic N) is 1. The molecule has 0 aromatic heterocycles. The Balaban J connectivity index is 0. The number of thiol groups is 1. The quantitative estimate of drug-likeness (QED) is 0.353. The van der Waals surface area contributed by atoms with Crippen LogP contribution in [0.3, 0.4) is 0 Å². The van der Waals surface area contributed by atoms with Gasteiger partial charge in [0.15, 0.2) is 5.17 Å². The molecule has 0 aromatic carbocycles. The van der Waals surface area contributed by atoms with Gasteiger partial charge in [0.05, 0.1) is 13.2 Å². The standard InChI is InChI=1S/C8H14N2O4S.C2H6N2S/c1-3-13-7(11)9-6(5-15)10-8(12)14-4-2;1-5-2(3)4/h15H,3-5H2,1-2H3,(H,9,10,11,12);1H3,(H3,3,4). The van der Waals surface area contributed by atoms with Gasteiger partial charge in [-0.3, -0.25) is 10.7 Å². The number of amides is 2. The molecule has 0 atom stereocenters. The molecule has 0 rings (SSSR count). The molecular weight excluding hydrogens is 304 g/mol. The Labute approximate surface area is 127 Å². The van der Waals surface area contributed by atoms with Gasteiger partial charge in [0.1, 0.15) is 5.84 Å². The number of aliphatic imine (C=N–C) groups is 1. The van der Waals surface area contributed by atoms with E-state index in [0.717, 1.165) is 0 Å². The van der Waals surface area contributed by atoms with E-state index in [2.05, 4.69) is 32.4 Å². The van der Waals surface area contributed by atoms with Gasteiger partial charge in [0.2, 0.25) is 0 Å². The summed E-state index contributed by atoms with van der Waals surface area (Å²) in [6, 6.07) is 0.